The lowest BCUT2D eigenvalue weighted by Gasteiger charge is -2.61. The molecule has 2 aliphatic carbocycles. The molecule has 10 saturated heterocycles. The first-order chi connectivity index (χ1) is 25.4. The second-order valence-corrected chi connectivity index (χ2v) is 19.7. The Morgan fingerprint density at radius 1 is 0.585 bits per heavy atom. The van der Waals surface area contributed by atoms with E-state index in [4.69, 9.17) is 60.6 Å². The van der Waals surface area contributed by atoms with Gasteiger partial charge in [-0.2, -0.15) is 0 Å². The summed E-state index contributed by atoms with van der Waals surface area (Å²) in [6.07, 6.45) is 10.7. The van der Waals surface area contributed by atoms with Gasteiger partial charge in [0, 0.05) is 42.9 Å². The van der Waals surface area contributed by atoms with E-state index in [-0.39, 0.29) is 53.8 Å². The van der Waals surface area contributed by atoms with Crippen molar-refractivity contribution in [3.63, 3.8) is 0 Å². The molecule has 53 heavy (non-hydrogen) atoms. The van der Waals surface area contributed by atoms with Crippen molar-refractivity contribution in [3.8, 4) is 0 Å². The van der Waals surface area contributed by atoms with Gasteiger partial charge in [0.25, 0.3) is 5.97 Å². The molecule has 2 unspecified atom stereocenters. The van der Waals surface area contributed by atoms with Crippen molar-refractivity contribution in [1.82, 2.24) is 0 Å². The first-order valence-electron chi connectivity index (χ1n) is 21.5. The van der Waals surface area contributed by atoms with Crippen molar-refractivity contribution >= 4 is 7.85 Å². The maximum atomic E-state index is 7.10. The summed E-state index contributed by atoms with van der Waals surface area (Å²) in [7, 11) is 5.98. The van der Waals surface area contributed by atoms with Gasteiger partial charge >= 0.3 is 0 Å². The highest BCUT2D eigenvalue weighted by molar-refractivity contribution is 6.08. The molecule has 12 heteroatoms. The maximum absolute atomic E-state index is 7.10. The van der Waals surface area contributed by atoms with E-state index in [0.717, 1.165) is 57.8 Å². The van der Waals surface area contributed by atoms with Crippen LogP contribution in [-0.2, 0) is 52.7 Å². The van der Waals surface area contributed by atoms with Crippen molar-refractivity contribution < 1.29 is 52.7 Å². The number of fused-ring (bicyclic) bond motifs is 6. The molecule has 0 aromatic heterocycles. The Hall–Kier alpha value is -0.375. The summed E-state index contributed by atoms with van der Waals surface area (Å²) in [6, 6.07) is 0. The summed E-state index contributed by atoms with van der Waals surface area (Å²) in [6.45, 7) is 14.5. The summed E-state index contributed by atoms with van der Waals surface area (Å²) in [5.41, 5.74) is -1.15. The maximum Gasteiger partial charge on any atom is 0.283 e. The zero-order chi connectivity index (χ0) is 36.5. The van der Waals surface area contributed by atoms with Gasteiger partial charge in [-0.3, -0.25) is 0 Å². The SMILES string of the molecule is [B]CCCC12OCC(C[C@H]3O[C@@H]4O[C@]5(C)CC[C@H]6[C@H](C)CC[C@@H]([C@H]3C)[C@@]46OO5)C(O1)C(C[C@H]1O[C@@H]3O[C@]4(C)CC[C@H]5[C@H](C)CC[C@@H]([C@H]1C)[C@@]35OO4)CO2. The standard InChI is InChI=1S/C41H63BO11/c1-22-8-10-30-24(3)32(45-35-40(30)28(22)12-15-37(5,48-35)50-52-40)18-26-20-43-39(14-7-17-42)44-21-27(34(26)47-39)19-33-25(4)31-11-9-23(2)29-13-16-38(6)49-36(46-33)41(29,31)53-51-38/h22-36H,7-21H2,1-6H3/t22-,23-,24-,25-,26?,27?,28+,29+,30+,31+,32-,33-,34?,35-,36-,37+,38+,39?,40-,41-/m1/s1. The fourth-order valence-electron chi connectivity index (χ4n) is 13.6. The Balaban J connectivity index is 0.912. The molecular weight excluding hydrogens is 679 g/mol. The molecule has 12 rings (SSSR count). The van der Waals surface area contributed by atoms with Gasteiger partial charge < -0.3 is 33.2 Å². The Bertz CT molecular complexity index is 1300. The van der Waals surface area contributed by atoms with Crippen molar-refractivity contribution in [2.75, 3.05) is 13.2 Å². The predicted molar refractivity (Wildman–Crippen MR) is 189 cm³/mol. The van der Waals surface area contributed by atoms with Crippen LogP contribution in [0.4, 0.5) is 0 Å². The smallest absolute Gasteiger partial charge is 0.283 e. The molecule has 10 heterocycles. The van der Waals surface area contributed by atoms with Gasteiger partial charge in [0.05, 0.1) is 39.4 Å². The molecule has 11 nitrogen and oxygen atoms in total. The van der Waals surface area contributed by atoms with Gasteiger partial charge in [0.1, 0.15) is 0 Å². The number of hydrogen-bond donors (Lipinski definition) is 0. The van der Waals surface area contributed by atoms with Gasteiger partial charge in [-0.1, -0.05) is 40.4 Å². The van der Waals surface area contributed by atoms with E-state index in [1.807, 2.05) is 13.8 Å². The highest BCUT2D eigenvalue weighted by Crippen LogP contribution is 2.63. The second-order valence-electron chi connectivity index (χ2n) is 19.7. The van der Waals surface area contributed by atoms with Gasteiger partial charge in [-0.05, 0) is 101 Å². The normalized spacial score (nSPS) is 59.7. The molecule has 12 aliphatic rings. The van der Waals surface area contributed by atoms with E-state index in [9.17, 15) is 0 Å². The second kappa shape index (κ2) is 13.1. The Labute approximate surface area is 317 Å². The largest absolute Gasteiger partial charge is 0.346 e. The van der Waals surface area contributed by atoms with Crippen molar-refractivity contribution in [3.05, 3.63) is 0 Å². The first kappa shape index (κ1) is 36.9. The fourth-order valence-corrected chi connectivity index (χ4v) is 13.6. The van der Waals surface area contributed by atoms with Crippen LogP contribution in [0.3, 0.4) is 0 Å². The molecule has 2 radical (unpaired) electrons. The van der Waals surface area contributed by atoms with E-state index in [1.165, 1.54) is 12.8 Å². The van der Waals surface area contributed by atoms with Crippen LogP contribution in [-0.4, -0.2) is 80.7 Å². The molecule has 0 aromatic rings. The van der Waals surface area contributed by atoms with Crippen LogP contribution in [0, 0.1) is 59.2 Å². The molecule has 0 aromatic carbocycles. The highest BCUT2D eigenvalue weighted by Gasteiger charge is 2.71. The van der Waals surface area contributed by atoms with Crippen molar-refractivity contribution in [2.45, 2.75) is 185 Å². The molecule has 2 spiro atoms. The lowest BCUT2D eigenvalue weighted by molar-refractivity contribution is -0.571. The average Bonchev–Trinajstić information content (AvgIpc) is 3.52. The molecule has 6 bridgehead atoms. The summed E-state index contributed by atoms with van der Waals surface area (Å²) in [5.74, 6) is 0.374. The van der Waals surface area contributed by atoms with Crippen LogP contribution in [0.5, 0.6) is 0 Å². The lowest BCUT2D eigenvalue weighted by Crippen LogP contribution is -2.71. The quantitative estimate of drug-likeness (QED) is 0.200. The van der Waals surface area contributed by atoms with Gasteiger partial charge in [-0.25, -0.2) is 19.6 Å². The third-order valence-corrected chi connectivity index (χ3v) is 16.6. The predicted octanol–water partition coefficient (Wildman–Crippen LogP) is 6.97. The van der Waals surface area contributed by atoms with E-state index in [0.29, 0.717) is 49.6 Å². The molecule has 10 aliphatic heterocycles. The number of hydrogen-bond acceptors (Lipinski definition) is 11. The minimum absolute atomic E-state index is 0.0350. The fraction of sp³-hybridized carbons (Fsp3) is 1.00. The number of rotatable bonds is 7. The van der Waals surface area contributed by atoms with E-state index in [1.54, 1.807) is 0 Å². The van der Waals surface area contributed by atoms with E-state index >= 15 is 0 Å². The molecular formula is C41H63BO11. The van der Waals surface area contributed by atoms with Crippen LogP contribution in [0.2, 0.25) is 6.32 Å². The third-order valence-electron chi connectivity index (χ3n) is 16.6. The van der Waals surface area contributed by atoms with Crippen LogP contribution >= 0.6 is 0 Å². The Kier molecular flexibility index (Phi) is 9.11. The van der Waals surface area contributed by atoms with E-state index < -0.39 is 41.3 Å². The highest BCUT2D eigenvalue weighted by atomic mass is 17.3. The zero-order valence-corrected chi connectivity index (χ0v) is 32.8. The van der Waals surface area contributed by atoms with Crippen LogP contribution in [0.25, 0.3) is 0 Å². The molecule has 0 N–H and O–H groups in total. The summed E-state index contributed by atoms with van der Waals surface area (Å²) >= 11 is 0. The van der Waals surface area contributed by atoms with Gasteiger partial charge in [0.2, 0.25) is 11.6 Å². The minimum atomic E-state index is -1.06. The Morgan fingerprint density at radius 2 is 1.08 bits per heavy atom. The van der Waals surface area contributed by atoms with Crippen LogP contribution in [0.15, 0.2) is 0 Å². The summed E-state index contributed by atoms with van der Waals surface area (Å²) in [5, 5.41) is 0. The summed E-state index contributed by atoms with van der Waals surface area (Å²) in [4.78, 5) is 25.1. The van der Waals surface area contributed by atoms with Crippen molar-refractivity contribution in [2.24, 2.45) is 59.2 Å². The third kappa shape index (κ3) is 5.53. The van der Waals surface area contributed by atoms with E-state index in [2.05, 4.69) is 27.7 Å². The Morgan fingerprint density at radius 3 is 1.55 bits per heavy atom. The molecule has 296 valence electrons. The van der Waals surface area contributed by atoms with Crippen molar-refractivity contribution in [1.29, 1.82) is 0 Å². The molecule has 2 saturated carbocycles. The monoisotopic (exact) mass is 742 g/mol. The summed E-state index contributed by atoms with van der Waals surface area (Å²) < 4.78 is 47.8. The van der Waals surface area contributed by atoms with Crippen LogP contribution in [0.1, 0.15) is 119 Å². The lowest BCUT2D eigenvalue weighted by atomic mass is 9.57. The average molecular weight is 743 g/mol. The molecule has 0 amide bonds. The first-order valence-corrected chi connectivity index (χ1v) is 21.5. The van der Waals surface area contributed by atoms with Crippen LogP contribution < -0.4 is 0 Å². The number of ether oxygens (including phenoxy) is 7. The van der Waals surface area contributed by atoms with Gasteiger partial charge in [0.15, 0.2) is 23.8 Å². The van der Waals surface area contributed by atoms with Gasteiger partial charge in [-0.15, -0.1) is 0 Å². The zero-order valence-electron chi connectivity index (χ0n) is 32.8. The topological polar surface area (TPSA) is 102 Å². The minimum Gasteiger partial charge on any atom is -0.346 e. The molecule has 18 atom stereocenters. The molecule has 12 fully saturated rings.